The number of nitrogens with two attached hydrogens (primary N) is 1. The molecule has 0 radical (unpaired) electrons. The molecule has 0 atom stereocenters. The van der Waals surface area contributed by atoms with Crippen LogP contribution in [0.3, 0.4) is 0 Å². The largest absolute Gasteiger partial charge is 0.330 e. The summed E-state index contributed by atoms with van der Waals surface area (Å²) in [6.07, 6.45) is 0.682. The van der Waals surface area contributed by atoms with E-state index in [2.05, 4.69) is 76.8 Å². The third-order valence-corrected chi connectivity index (χ3v) is 4.86. The normalized spacial score (nSPS) is 11.7. The molecule has 8 heteroatoms. The first-order chi connectivity index (χ1) is 14.5. The van der Waals surface area contributed by atoms with E-state index in [9.17, 15) is 0 Å². The highest BCUT2D eigenvalue weighted by atomic mass is 15.5. The van der Waals surface area contributed by atoms with Crippen LogP contribution in [0, 0.1) is 0 Å². The predicted octanol–water partition coefficient (Wildman–Crippen LogP) is 2.97. The SMILES string of the molecule is CC(C)(C)c1nc(CCN)nn1Cc1ccc(-c2ccccc2-c2nn[nH]n2)cc1. The van der Waals surface area contributed by atoms with E-state index in [0.717, 1.165) is 33.9 Å². The van der Waals surface area contributed by atoms with Crippen LogP contribution in [0.15, 0.2) is 48.5 Å². The Morgan fingerprint density at radius 1 is 1.00 bits per heavy atom. The fraction of sp³-hybridized carbons (Fsp3) is 0.318. The van der Waals surface area contributed by atoms with E-state index in [0.29, 0.717) is 25.3 Å². The van der Waals surface area contributed by atoms with E-state index >= 15 is 0 Å². The summed E-state index contributed by atoms with van der Waals surface area (Å²) >= 11 is 0. The van der Waals surface area contributed by atoms with E-state index < -0.39 is 0 Å². The van der Waals surface area contributed by atoms with Crippen LogP contribution >= 0.6 is 0 Å². The Morgan fingerprint density at radius 2 is 1.73 bits per heavy atom. The first kappa shape index (κ1) is 19.9. The molecule has 154 valence electrons. The molecule has 0 aliphatic carbocycles. The van der Waals surface area contributed by atoms with Crippen molar-refractivity contribution in [3.05, 3.63) is 65.7 Å². The van der Waals surface area contributed by atoms with Gasteiger partial charge in [-0.25, -0.2) is 9.67 Å². The topological polar surface area (TPSA) is 111 Å². The Balaban J connectivity index is 1.62. The minimum atomic E-state index is -0.0939. The highest BCUT2D eigenvalue weighted by molar-refractivity contribution is 5.80. The molecule has 0 bridgehead atoms. The third-order valence-electron chi connectivity index (χ3n) is 4.86. The molecule has 0 unspecified atom stereocenters. The third kappa shape index (κ3) is 4.13. The summed E-state index contributed by atoms with van der Waals surface area (Å²) in [5.41, 5.74) is 9.86. The lowest BCUT2D eigenvalue weighted by atomic mass is 9.95. The Hall–Kier alpha value is -3.39. The number of hydrogen-bond acceptors (Lipinski definition) is 6. The molecule has 30 heavy (non-hydrogen) atoms. The fourth-order valence-corrected chi connectivity index (χ4v) is 3.46. The van der Waals surface area contributed by atoms with Crippen molar-refractivity contribution in [1.29, 1.82) is 0 Å². The number of rotatable bonds is 6. The van der Waals surface area contributed by atoms with E-state index in [1.807, 2.05) is 22.9 Å². The molecule has 0 spiro atoms. The number of hydrogen-bond donors (Lipinski definition) is 2. The minimum absolute atomic E-state index is 0.0939. The monoisotopic (exact) mass is 402 g/mol. The van der Waals surface area contributed by atoms with Gasteiger partial charge in [-0.3, -0.25) is 0 Å². The van der Waals surface area contributed by atoms with Crippen LogP contribution in [-0.2, 0) is 18.4 Å². The lowest BCUT2D eigenvalue weighted by molar-refractivity contribution is 0.490. The van der Waals surface area contributed by atoms with Gasteiger partial charge in [-0.1, -0.05) is 69.3 Å². The maximum Gasteiger partial charge on any atom is 0.205 e. The molecule has 8 nitrogen and oxygen atoms in total. The zero-order chi connectivity index (χ0) is 21.1. The summed E-state index contributed by atoms with van der Waals surface area (Å²) in [5.74, 6) is 2.35. The zero-order valence-corrected chi connectivity index (χ0v) is 17.5. The van der Waals surface area contributed by atoms with Crippen molar-refractivity contribution in [2.45, 2.75) is 39.2 Å². The standard InChI is InChI=1S/C22H26N8/c1-22(2,3)21-24-19(12-13-23)27-30(21)14-15-8-10-16(11-9-15)17-6-4-5-7-18(17)20-25-28-29-26-20/h4-11H,12-14,23H2,1-3H3,(H,25,26,28,29). The van der Waals surface area contributed by atoms with Gasteiger partial charge in [0.05, 0.1) is 6.54 Å². The van der Waals surface area contributed by atoms with Gasteiger partial charge < -0.3 is 5.73 Å². The lowest BCUT2D eigenvalue weighted by Crippen LogP contribution is -2.20. The molecule has 2 heterocycles. The summed E-state index contributed by atoms with van der Waals surface area (Å²) < 4.78 is 1.99. The summed E-state index contributed by atoms with van der Waals surface area (Å²) in [7, 11) is 0. The number of aromatic nitrogens is 7. The lowest BCUT2D eigenvalue weighted by Gasteiger charge is -2.18. The molecule has 2 aromatic carbocycles. The highest BCUT2D eigenvalue weighted by Crippen LogP contribution is 2.30. The maximum absolute atomic E-state index is 5.70. The van der Waals surface area contributed by atoms with Crippen molar-refractivity contribution in [2.24, 2.45) is 5.73 Å². The van der Waals surface area contributed by atoms with E-state index in [1.54, 1.807) is 0 Å². The molecule has 4 rings (SSSR count). The molecule has 3 N–H and O–H groups in total. The van der Waals surface area contributed by atoms with Crippen LogP contribution in [-0.4, -0.2) is 41.9 Å². The average molecular weight is 403 g/mol. The molecule has 4 aromatic rings. The van der Waals surface area contributed by atoms with Gasteiger partial charge in [0.1, 0.15) is 5.82 Å². The highest BCUT2D eigenvalue weighted by Gasteiger charge is 2.23. The van der Waals surface area contributed by atoms with Gasteiger partial charge in [0.2, 0.25) is 5.82 Å². The smallest absolute Gasteiger partial charge is 0.205 e. The Bertz CT molecular complexity index is 1110. The summed E-state index contributed by atoms with van der Waals surface area (Å²) in [5, 5.41) is 19.1. The van der Waals surface area contributed by atoms with Crippen molar-refractivity contribution in [1.82, 2.24) is 35.4 Å². The molecule has 0 fully saturated rings. The molecule has 0 saturated heterocycles. The van der Waals surface area contributed by atoms with E-state index in [1.165, 1.54) is 0 Å². The second-order valence-electron chi connectivity index (χ2n) is 8.28. The van der Waals surface area contributed by atoms with Crippen molar-refractivity contribution >= 4 is 0 Å². The van der Waals surface area contributed by atoms with Crippen molar-refractivity contribution in [3.63, 3.8) is 0 Å². The number of aromatic amines is 1. The Morgan fingerprint density at radius 3 is 2.37 bits per heavy atom. The van der Waals surface area contributed by atoms with Gasteiger partial charge in [-0.05, 0) is 28.4 Å². The quantitative estimate of drug-likeness (QED) is 0.513. The van der Waals surface area contributed by atoms with Crippen molar-refractivity contribution in [2.75, 3.05) is 6.54 Å². The van der Waals surface area contributed by atoms with Crippen molar-refractivity contribution < 1.29 is 0 Å². The minimum Gasteiger partial charge on any atom is -0.330 e. The molecule has 0 aliphatic heterocycles. The molecule has 2 aromatic heterocycles. The molecule has 0 amide bonds. The van der Waals surface area contributed by atoms with Crippen LogP contribution in [0.4, 0.5) is 0 Å². The van der Waals surface area contributed by atoms with Gasteiger partial charge in [-0.2, -0.15) is 10.3 Å². The zero-order valence-electron chi connectivity index (χ0n) is 17.5. The second kappa shape index (κ2) is 8.16. The second-order valence-corrected chi connectivity index (χ2v) is 8.28. The van der Waals surface area contributed by atoms with Gasteiger partial charge in [0.15, 0.2) is 5.82 Å². The van der Waals surface area contributed by atoms with Crippen molar-refractivity contribution in [3.8, 4) is 22.5 Å². The molecule has 0 saturated carbocycles. The van der Waals surface area contributed by atoms with Crippen LogP contribution in [0.1, 0.15) is 38.0 Å². The number of benzene rings is 2. The van der Waals surface area contributed by atoms with E-state index in [4.69, 9.17) is 10.7 Å². The Labute approximate surface area is 175 Å². The number of tetrazole rings is 1. The number of nitrogens with zero attached hydrogens (tertiary/aromatic N) is 6. The Kier molecular flexibility index (Phi) is 5.41. The maximum atomic E-state index is 5.70. The number of H-pyrrole nitrogens is 1. The van der Waals surface area contributed by atoms with Crippen LogP contribution in [0.25, 0.3) is 22.5 Å². The average Bonchev–Trinajstić information content (AvgIpc) is 3.39. The molecular formula is C22H26N8. The first-order valence-electron chi connectivity index (χ1n) is 10.0. The molecule has 0 aliphatic rings. The van der Waals surface area contributed by atoms with Gasteiger partial charge in [0.25, 0.3) is 0 Å². The van der Waals surface area contributed by atoms with Crippen LogP contribution < -0.4 is 5.73 Å². The van der Waals surface area contributed by atoms with Crippen LogP contribution in [0.2, 0.25) is 0 Å². The first-order valence-corrected chi connectivity index (χ1v) is 10.0. The van der Waals surface area contributed by atoms with Crippen LogP contribution in [0.5, 0.6) is 0 Å². The van der Waals surface area contributed by atoms with Gasteiger partial charge in [0, 0.05) is 17.4 Å². The van der Waals surface area contributed by atoms with E-state index in [-0.39, 0.29) is 5.41 Å². The summed E-state index contributed by atoms with van der Waals surface area (Å²) in [6, 6.07) is 16.5. The summed E-state index contributed by atoms with van der Waals surface area (Å²) in [6.45, 7) is 7.66. The summed E-state index contributed by atoms with van der Waals surface area (Å²) in [4.78, 5) is 4.72. The van der Waals surface area contributed by atoms with Gasteiger partial charge in [-0.15, -0.1) is 10.2 Å². The predicted molar refractivity (Wildman–Crippen MR) is 116 cm³/mol. The van der Waals surface area contributed by atoms with Gasteiger partial charge >= 0.3 is 0 Å². The molecular weight excluding hydrogens is 376 g/mol. The number of nitrogens with one attached hydrogen (secondary N) is 1. The fourth-order valence-electron chi connectivity index (χ4n) is 3.46.